The number of nitriles is 1. The van der Waals surface area contributed by atoms with Crippen LogP contribution in [-0.2, 0) is 13.1 Å². The zero-order chi connectivity index (χ0) is 29.4. The zero-order valence-electron chi connectivity index (χ0n) is 24.3. The number of likely N-dealkylation sites (N-methyl/N-ethyl adjacent to an activating group) is 1. The highest BCUT2D eigenvalue weighted by Gasteiger charge is 2.44. The molecule has 4 heterocycles. The molecule has 0 aliphatic carbocycles. The number of amidine groups is 1. The summed E-state index contributed by atoms with van der Waals surface area (Å²) in [5, 5.41) is 17.7. The van der Waals surface area contributed by atoms with Gasteiger partial charge in [0.2, 0.25) is 0 Å². The Morgan fingerprint density at radius 3 is 2.59 bits per heavy atom. The SMILES string of the molecule is Cc1c(CN2CCC(N3C(CCC(F)(F)F)=NCC3(C)CN(C)C)CC2)ccc2c1cc(C#N)n2Cc1cn[nH]c1. The molecule has 2 aliphatic rings. The minimum Gasteiger partial charge on any atom is -0.349 e. The molecular formula is C30H39F3N8. The van der Waals surface area contributed by atoms with Crippen LogP contribution in [-0.4, -0.2) is 93.3 Å². The predicted molar refractivity (Wildman–Crippen MR) is 154 cm³/mol. The molecule has 1 aromatic carbocycles. The van der Waals surface area contributed by atoms with E-state index in [0.29, 0.717) is 24.6 Å². The number of hydrogen-bond donors (Lipinski definition) is 1. The van der Waals surface area contributed by atoms with E-state index in [9.17, 15) is 18.4 Å². The first-order valence-electron chi connectivity index (χ1n) is 14.2. The van der Waals surface area contributed by atoms with Crippen LogP contribution < -0.4 is 0 Å². The molecule has 41 heavy (non-hydrogen) atoms. The molecule has 2 aromatic heterocycles. The summed E-state index contributed by atoms with van der Waals surface area (Å²) in [4.78, 5) is 11.4. The van der Waals surface area contributed by atoms with E-state index in [1.165, 1.54) is 11.1 Å². The lowest BCUT2D eigenvalue weighted by Gasteiger charge is -2.47. The van der Waals surface area contributed by atoms with Gasteiger partial charge in [-0.05, 0) is 64.0 Å². The number of fused-ring (bicyclic) bond motifs is 1. The molecule has 0 spiro atoms. The maximum absolute atomic E-state index is 13.1. The van der Waals surface area contributed by atoms with Crippen molar-refractivity contribution >= 4 is 16.7 Å². The van der Waals surface area contributed by atoms with Crippen LogP contribution in [0.25, 0.3) is 10.9 Å². The Balaban J connectivity index is 1.29. The molecule has 0 bridgehead atoms. The Labute approximate surface area is 239 Å². The summed E-state index contributed by atoms with van der Waals surface area (Å²) in [5.41, 5.74) is 4.76. The van der Waals surface area contributed by atoms with E-state index in [1.54, 1.807) is 6.20 Å². The van der Waals surface area contributed by atoms with Crippen molar-refractivity contribution in [3.8, 4) is 6.07 Å². The normalized spacial score (nSPS) is 20.8. The number of aliphatic imine (C=N–C) groups is 1. The highest BCUT2D eigenvalue weighted by atomic mass is 19.4. The van der Waals surface area contributed by atoms with E-state index in [4.69, 9.17) is 0 Å². The third kappa shape index (κ3) is 6.28. The van der Waals surface area contributed by atoms with Crippen molar-refractivity contribution in [3.63, 3.8) is 0 Å². The molecule has 0 radical (unpaired) electrons. The number of piperidine rings is 1. The molecule has 1 unspecified atom stereocenters. The summed E-state index contributed by atoms with van der Waals surface area (Å²) in [6.07, 6.45) is 0.298. The van der Waals surface area contributed by atoms with Crippen molar-refractivity contribution in [2.75, 3.05) is 40.3 Å². The summed E-state index contributed by atoms with van der Waals surface area (Å²) in [5.74, 6) is 0.611. The lowest BCUT2D eigenvalue weighted by molar-refractivity contribution is -0.133. The van der Waals surface area contributed by atoms with Gasteiger partial charge in [-0.3, -0.25) is 15.0 Å². The molecule has 1 N–H and O–H groups in total. The Kier molecular flexibility index (Phi) is 8.17. The number of hydrogen-bond acceptors (Lipinski definition) is 6. The summed E-state index contributed by atoms with van der Waals surface area (Å²) in [6.45, 7) is 8.64. The molecule has 11 heteroatoms. The smallest absolute Gasteiger partial charge is 0.349 e. The van der Waals surface area contributed by atoms with E-state index < -0.39 is 12.6 Å². The monoisotopic (exact) mass is 568 g/mol. The molecule has 220 valence electrons. The van der Waals surface area contributed by atoms with Crippen LogP contribution >= 0.6 is 0 Å². The van der Waals surface area contributed by atoms with Gasteiger partial charge >= 0.3 is 6.18 Å². The number of nitrogens with zero attached hydrogens (tertiary/aromatic N) is 7. The van der Waals surface area contributed by atoms with Crippen LogP contribution in [0.15, 0.2) is 35.6 Å². The van der Waals surface area contributed by atoms with Crippen molar-refractivity contribution in [2.45, 2.75) is 70.4 Å². The van der Waals surface area contributed by atoms with Crippen molar-refractivity contribution in [1.29, 1.82) is 5.26 Å². The first kappa shape index (κ1) is 29.1. The Morgan fingerprint density at radius 1 is 1.20 bits per heavy atom. The molecule has 1 atom stereocenters. The predicted octanol–water partition coefficient (Wildman–Crippen LogP) is 4.93. The Morgan fingerprint density at radius 2 is 1.95 bits per heavy atom. The number of aromatic nitrogens is 3. The van der Waals surface area contributed by atoms with E-state index in [2.05, 4.69) is 61.9 Å². The van der Waals surface area contributed by atoms with Gasteiger partial charge in [-0.1, -0.05) is 6.07 Å². The van der Waals surface area contributed by atoms with Crippen LogP contribution in [0.5, 0.6) is 0 Å². The summed E-state index contributed by atoms with van der Waals surface area (Å²) < 4.78 is 41.3. The van der Waals surface area contributed by atoms with Crippen LogP contribution in [0.4, 0.5) is 13.2 Å². The number of aromatic amines is 1. The van der Waals surface area contributed by atoms with Gasteiger partial charge in [-0.25, -0.2) is 0 Å². The van der Waals surface area contributed by atoms with Crippen molar-refractivity contribution in [3.05, 3.63) is 53.0 Å². The summed E-state index contributed by atoms with van der Waals surface area (Å²) in [7, 11) is 4.01. The van der Waals surface area contributed by atoms with Gasteiger partial charge in [0, 0.05) is 61.3 Å². The third-order valence-electron chi connectivity index (χ3n) is 8.54. The Bertz CT molecular complexity index is 1420. The first-order valence-corrected chi connectivity index (χ1v) is 14.2. The van der Waals surface area contributed by atoms with E-state index >= 15 is 0 Å². The molecule has 8 nitrogen and oxygen atoms in total. The number of rotatable bonds is 9. The maximum Gasteiger partial charge on any atom is 0.389 e. The average molecular weight is 569 g/mol. The molecule has 1 saturated heterocycles. The fourth-order valence-corrected chi connectivity index (χ4v) is 6.72. The minimum absolute atomic E-state index is 0.0587. The number of likely N-dealkylation sites (tertiary alicyclic amines) is 1. The van der Waals surface area contributed by atoms with Crippen molar-refractivity contribution in [2.24, 2.45) is 4.99 Å². The minimum atomic E-state index is -4.19. The topological polar surface area (TPSA) is 79.5 Å². The van der Waals surface area contributed by atoms with Gasteiger partial charge < -0.3 is 14.4 Å². The average Bonchev–Trinajstić information content (AvgIpc) is 3.63. The van der Waals surface area contributed by atoms with Gasteiger partial charge in [0.05, 0.1) is 31.2 Å². The first-order chi connectivity index (χ1) is 19.5. The van der Waals surface area contributed by atoms with Crippen molar-refractivity contribution in [1.82, 2.24) is 29.5 Å². The molecule has 0 saturated carbocycles. The van der Waals surface area contributed by atoms with Gasteiger partial charge in [-0.2, -0.15) is 23.5 Å². The second kappa shape index (κ2) is 11.5. The second-order valence-electron chi connectivity index (χ2n) is 12.1. The van der Waals surface area contributed by atoms with Crippen LogP contribution in [0.3, 0.4) is 0 Å². The quantitative estimate of drug-likeness (QED) is 0.396. The third-order valence-corrected chi connectivity index (χ3v) is 8.54. The second-order valence-corrected chi connectivity index (χ2v) is 12.1. The number of aryl methyl sites for hydroxylation is 1. The van der Waals surface area contributed by atoms with Crippen LogP contribution in [0, 0.1) is 18.3 Å². The summed E-state index contributed by atoms with van der Waals surface area (Å²) in [6, 6.07) is 8.75. The molecule has 2 aliphatic heterocycles. The lowest BCUT2D eigenvalue weighted by atomic mass is 9.93. The van der Waals surface area contributed by atoms with Gasteiger partial charge in [0.25, 0.3) is 0 Å². The van der Waals surface area contributed by atoms with Crippen LogP contribution in [0.2, 0.25) is 0 Å². The number of nitrogens with one attached hydrogen (secondary N) is 1. The maximum atomic E-state index is 13.1. The van der Waals surface area contributed by atoms with Gasteiger partial charge in [-0.15, -0.1) is 0 Å². The highest BCUT2D eigenvalue weighted by Crippen LogP contribution is 2.34. The molecule has 0 amide bonds. The summed E-state index contributed by atoms with van der Waals surface area (Å²) >= 11 is 0. The van der Waals surface area contributed by atoms with Gasteiger partial charge in [0.1, 0.15) is 17.6 Å². The van der Waals surface area contributed by atoms with Crippen molar-refractivity contribution < 1.29 is 13.2 Å². The fourth-order valence-electron chi connectivity index (χ4n) is 6.72. The standard InChI is InChI=1S/C30H39F3N8/c1-21-23(5-6-27-26(21)13-25(14-34)40(27)17-22-15-36-37-16-22)18-39-11-8-24(9-12-39)41-28(7-10-30(31,32)33)35-19-29(41,2)20-38(3)4/h5-6,13,15-16,24H,7-12,17-20H2,1-4H3,(H,36,37). The van der Waals surface area contributed by atoms with Gasteiger partial charge in [0.15, 0.2) is 0 Å². The number of benzene rings is 1. The van der Waals surface area contributed by atoms with E-state index in [-0.39, 0.29) is 18.0 Å². The molecule has 3 aromatic rings. The Hall–Kier alpha value is -3.36. The lowest BCUT2D eigenvalue weighted by Crippen LogP contribution is -2.59. The molecule has 1 fully saturated rings. The molecule has 5 rings (SSSR count). The largest absolute Gasteiger partial charge is 0.389 e. The number of halogens is 3. The van der Waals surface area contributed by atoms with E-state index in [0.717, 1.165) is 55.5 Å². The fraction of sp³-hybridized carbons (Fsp3) is 0.567. The zero-order valence-corrected chi connectivity index (χ0v) is 24.3. The number of alkyl halides is 3. The highest BCUT2D eigenvalue weighted by molar-refractivity contribution is 5.87. The molecular weight excluding hydrogens is 529 g/mol. The number of H-pyrrole nitrogens is 1. The van der Waals surface area contributed by atoms with Crippen LogP contribution in [0.1, 0.15) is 55.0 Å². The van der Waals surface area contributed by atoms with E-state index in [1.807, 2.05) is 30.9 Å².